The quantitative estimate of drug-likeness (QED) is 0.824. The Balaban J connectivity index is 2.06. The van der Waals surface area contributed by atoms with Crippen LogP contribution in [-0.4, -0.2) is 11.7 Å². The summed E-state index contributed by atoms with van der Waals surface area (Å²) in [6, 6.07) is 16.5. The summed E-state index contributed by atoms with van der Waals surface area (Å²) in [4.78, 5) is 0. The van der Waals surface area contributed by atoms with E-state index in [0.29, 0.717) is 13.0 Å². The van der Waals surface area contributed by atoms with Crippen LogP contribution >= 0.6 is 0 Å². The van der Waals surface area contributed by atoms with Gasteiger partial charge in [0.05, 0.1) is 5.56 Å². The van der Waals surface area contributed by atoms with Gasteiger partial charge in [-0.25, -0.2) is 4.39 Å². The van der Waals surface area contributed by atoms with Gasteiger partial charge in [-0.2, -0.15) is 5.26 Å². The van der Waals surface area contributed by atoms with Crippen LogP contribution in [0.3, 0.4) is 0 Å². The summed E-state index contributed by atoms with van der Waals surface area (Å²) in [6.07, 6.45) is 1.52. The van der Waals surface area contributed by atoms with Crippen molar-refractivity contribution in [3.8, 4) is 6.07 Å². The van der Waals surface area contributed by atoms with Crippen molar-refractivity contribution in [1.82, 2.24) is 5.32 Å². The van der Waals surface area contributed by atoms with E-state index in [0.717, 1.165) is 17.5 Å². The van der Waals surface area contributed by atoms with E-state index in [2.05, 4.69) is 5.32 Å². The second-order valence-corrected chi connectivity index (χ2v) is 5.14. The maximum Gasteiger partial charge on any atom is 0.140 e. The lowest BCUT2D eigenvalue weighted by Gasteiger charge is -2.19. The van der Waals surface area contributed by atoms with Crippen molar-refractivity contribution in [2.24, 2.45) is 0 Å². The van der Waals surface area contributed by atoms with E-state index in [-0.39, 0.29) is 18.2 Å². The van der Waals surface area contributed by atoms with Crippen LogP contribution < -0.4 is 5.32 Å². The van der Waals surface area contributed by atoms with Crippen molar-refractivity contribution >= 4 is 0 Å². The Hall–Kier alpha value is -2.22. The Morgan fingerprint density at radius 1 is 1.18 bits per heavy atom. The van der Waals surface area contributed by atoms with Gasteiger partial charge >= 0.3 is 0 Å². The summed E-state index contributed by atoms with van der Waals surface area (Å²) in [5.41, 5.74) is 2.08. The molecule has 2 aromatic carbocycles. The zero-order chi connectivity index (χ0) is 15.8. The van der Waals surface area contributed by atoms with Gasteiger partial charge in [-0.15, -0.1) is 0 Å². The number of benzene rings is 2. The first-order valence-corrected chi connectivity index (χ1v) is 7.32. The highest BCUT2D eigenvalue weighted by atomic mass is 19.1. The highest BCUT2D eigenvalue weighted by Gasteiger charge is 2.11. The smallest absolute Gasteiger partial charge is 0.140 e. The number of aliphatic hydroxyl groups excluding tert-OH is 1. The Bertz CT molecular complexity index is 637. The van der Waals surface area contributed by atoms with E-state index in [1.807, 2.05) is 36.4 Å². The molecule has 2 rings (SSSR count). The SMILES string of the molecule is N#Cc1cc(CNC(CCCO)c2ccccc2)ccc1F. The molecule has 0 aliphatic heterocycles. The van der Waals surface area contributed by atoms with E-state index in [4.69, 9.17) is 10.4 Å². The molecule has 2 aromatic rings. The van der Waals surface area contributed by atoms with Gasteiger partial charge in [0.1, 0.15) is 11.9 Å². The molecule has 1 atom stereocenters. The van der Waals surface area contributed by atoms with E-state index < -0.39 is 5.82 Å². The van der Waals surface area contributed by atoms with E-state index >= 15 is 0 Å². The van der Waals surface area contributed by atoms with Crippen LogP contribution in [0.15, 0.2) is 48.5 Å². The Kier molecular flexibility index (Phi) is 6.08. The summed E-state index contributed by atoms with van der Waals surface area (Å²) in [5, 5.41) is 21.3. The molecule has 0 aliphatic rings. The fraction of sp³-hybridized carbons (Fsp3) is 0.278. The summed E-state index contributed by atoms with van der Waals surface area (Å²) < 4.78 is 13.3. The minimum Gasteiger partial charge on any atom is -0.396 e. The molecule has 22 heavy (non-hydrogen) atoms. The van der Waals surface area contributed by atoms with Crippen LogP contribution in [0.1, 0.15) is 35.6 Å². The molecule has 1 unspecified atom stereocenters. The van der Waals surface area contributed by atoms with Crippen LogP contribution in [0.2, 0.25) is 0 Å². The zero-order valence-electron chi connectivity index (χ0n) is 12.3. The number of nitrogens with zero attached hydrogens (tertiary/aromatic N) is 1. The molecule has 0 fully saturated rings. The average Bonchev–Trinajstić information content (AvgIpc) is 2.57. The average molecular weight is 298 g/mol. The number of nitrogens with one attached hydrogen (secondary N) is 1. The van der Waals surface area contributed by atoms with Crippen LogP contribution in [0.5, 0.6) is 0 Å². The fourth-order valence-corrected chi connectivity index (χ4v) is 2.38. The molecule has 114 valence electrons. The molecule has 0 amide bonds. The molecular formula is C18H19FN2O. The van der Waals surface area contributed by atoms with Crippen molar-refractivity contribution in [3.63, 3.8) is 0 Å². The number of hydrogen-bond acceptors (Lipinski definition) is 3. The molecule has 2 N–H and O–H groups in total. The van der Waals surface area contributed by atoms with Gasteiger partial charge in [0.25, 0.3) is 0 Å². The van der Waals surface area contributed by atoms with Gasteiger partial charge in [0.2, 0.25) is 0 Å². The third-order valence-corrected chi connectivity index (χ3v) is 3.56. The summed E-state index contributed by atoms with van der Waals surface area (Å²) in [6.45, 7) is 0.695. The van der Waals surface area contributed by atoms with Crippen molar-refractivity contribution in [2.45, 2.75) is 25.4 Å². The summed E-state index contributed by atoms with van der Waals surface area (Å²) >= 11 is 0. The number of aliphatic hydroxyl groups is 1. The lowest BCUT2D eigenvalue weighted by atomic mass is 10.0. The lowest BCUT2D eigenvalue weighted by Crippen LogP contribution is -2.21. The van der Waals surface area contributed by atoms with Gasteiger partial charge in [-0.05, 0) is 36.1 Å². The molecule has 0 aromatic heterocycles. The summed E-state index contributed by atoms with van der Waals surface area (Å²) in [5.74, 6) is -0.494. The van der Waals surface area contributed by atoms with Crippen LogP contribution in [0.4, 0.5) is 4.39 Å². The van der Waals surface area contributed by atoms with Crippen molar-refractivity contribution in [2.75, 3.05) is 6.61 Å². The number of hydrogen-bond donors (Lipinski definition) is 2. The van der Waals surface area contributed by atoms with Crippen molar-refractivity contribution in [3.05, 3.63) is 71.0 Å². The van der Waals surface area contributed by atoms with Gasteiger partial charge in [0, 0.05) is 19.2 Å². The first-order valence-electron chi connectivity index (χ1n) is 7.32. The molecule has 0 radical (unpaired) electrons. The van der Waals surface area contributed by atoms with Gasteiger partial charge in [-0.1, -0.05) is 36.4 Å². The topological polar surface area (TPSA) is 56.0 Å². The minimum atomic E-state index is -0.494. The highest BCUT2D eigenvalue weighted by Crippen LogP contribution is 2.19. The van der Waals surface area contributed by atoms with Crippen molar-refractivity contribution in [1.29, 1.82) is 5.26 Å². The summed E-state index contributed by atoms with van der Waals surface area (Å²) in [7, 11) is 0. The highest BCUT2D eigenvalue weighted by molar-refractivity contribution is 5.34. The molecule has 0 bridgehead atoms. The predicted octanol–water partition coefficient (Wildman–Crippen LogP) is 3.30. The molecule has 0 spiro atoms. The normalized spacial score (nSPS) is 11.9. The standard InChI is InChI=1S/C18H19FN2O/c19-17-9-8-14(11-16(17)12-20)13-21-18(7-4-10-22)15-5-2-1-3-6-15/h1-3,5-6,8-9,11,18,21-22H,4,7,10,13H2. The van der Waals surface area contributed by atoms with E-state index in [1.54, 1.807) is 12.1 Å². The minimum absolute atomic E-state index is 0.0610. The zero-order valence-corrected chi connectivity index (χ0v) is 12.3. The first-order chi connectivity index (χ1) is 10.7. The number of nitriles is 1. The number of halogens is 1. The lowest BCUT2D eigenvalue weighted by molar-refractivity contribution is 0.275. The molecule has 4 heteroatoms. The Morgan fingerprint density at radius 2 is 1.95 bits per heavy atom. The Labute approximate surface area is 130 Å². The van der Waals surface area contributed by atoms with Gasteiger partial charge in [-0.3, -0.25) is 0 Å². The van der Waals surface area contributed by atoms with Gasteiger partial charge < -0.3 is 10.4 Å². The van der Waals surface area contributed by atoms with Crippen LogP contribution in [-0.2, 0) is 6.54 Å². The van der Waals surface area contributed by atoms with Crippen molar-refractivity contribution < 1.29 is 9.50 Å². The van der Waals surface area contributed by atoms with Crippen LogP contribution in [0, 0.1) is 17.1 Å². The maximum absolute atomic E-state index is 13.3. The maximum atomic E-state index is 13.3. The predicted molar refractivity (Wildman–Crippen MR) is 83.5 cm³/mol. The third kappa shape index (κ3) is 4.39. The monoisotopic (exact) mass is 298 g/mol. The molecule has 0 aliphatic carbocycles. The van der Waals surface area contributed by atoms with Gasteiger partial charge in [0.15, 0.2) is 0 Å². The largest absolute Gasteiger partial charge is 0.396 e. The molecule has 3 nitrogen and oxygen atoms in total. The second kappa shape index (κ2) is 8.28. The van der Waals surface area contributed by atoms with Crippen LogP contribution in [0.25, 0.3) is 0 Å². The van der Waals surface area contributed by atoms with E-state index in [9.17, 15) is 4.39 Å². The molecular weight excluding hydrogens is 279 g/mol. The molecule has 0 saturated heterocycles. The first kappa shape index (κ1) is 16.2. The Morgan fingerprint density at radius 3 is 2.64 bits per heavy atom. The van der Waals surface area contributed by atoms with E-state index in [1.165, 1.54) is 6.07 Å². The molecule has 0 saturated carbocycles. The number of rotatable bonds is 7. The molecule has 0 heterocycles. The fourth-order valence-electron chi connectivity index (χ4n) is 2.38. The third-order valence-electron chi connectivity index (χ3n) is 3.56. The second-order valence-electron chi connectivity index (χ2n) is 5.14.